The van der Waals surface area contributed by atoms with Crippen LogP contribution in [0.15, 0.2) is 37.1 Å². The zero-order valence-corrected chi connectivity index (χ0v) is 32.6. The molecular formula is C39H57N5O10. The summed E-state index contributed by atoms with van der Waals surface area (Å²) in [7, 11) is 5.21. The number of aliphatic hydroxyl groups excluding tert-OH is 1. The molecule has 15 nitrogen and oxygen atoms in total. The number of carbonyl (C=O) groups is 4. The lowest BCUT2D eigenvalue weighted by atomic mass is 9.85. The highest BCUT2D eigenvalue weighted by Crippen LogP contribution is 2.35. The smallest absolute Gasteiger partial charge is 0.410 e. The Balaban J connectivity index is 1.32. The number of rotatable bonds is 11. The van der Waals surface area contributed by atoms with Gasteiger partial charge in [-0.3, -0.25) is 19.4 Å². The first-order valence-electron chi connectivity index (χ1n) is 19.1. The molecule has 15 heteroatoms. The standard InChI is InChI=1S/C39H57N5O10/c1-8-32-35-30(44(38(49)54-35)17-10-9-16-43-22-28(41-23-43)26-12-11-15-40-21-26)19-27(45)13-14-39(4,50-7)33(20-31(46)25(3)36(48)52-32)53-37-34(47)29(42(5)6)18-24(2)51-37/h11-12,15,21-25,29-30,32-35,37,47H,8-10,13-14,16-20H2,1-7H3/t24-,25-,29+,30+,32-,33-,34-,35+,37+,39+/m1/s1. The van der Waals surface area contributed by atoms with E-state index in [4.69, 9.17) is 23.7 Å². The summed E-state index contributed by atoms with van der Waals surface area (Å²) in [5.41, 5.74) is 0.552. The molecule has 3 fully saturated rings. The van der Waals surface area contributed by atoms with Gasteiger partial charge in [-0.2, -0.15) is 0 Å². The molecule has 0 spiro atoms. The number of methoxy groups -OCH3 is 1. The number of aromatic nitrogens is 3. The van der Waals surface area contributed by atoms with Gasteiger partial charge >= 0.3 is 12.1 Å². The van der Waals surface area contributed by atoms with Gasteiger partial charge in [0.2, 0.25) is 0 Å². The normalized spacial score (nSPS) is 33.0. The highest BCUT2D eigenvalue weighted by molar-refractivity contribution is 5.99. The number of fused-ring (bicyclic) bond motifs is 1. The van der Waals surface area contributed by atoms with Crippen molar-refractivity contribution in [2.45, 2.75) is 140 Å². The summed E-state index contributed by atoms with van der Waals surface area (Å²) >= 11 is 0. The molecule has 54 heavy (non-hydrogen) atoms. The van der Waals surface area contributed by atoms with Gasteiger partial charge in [0, 0.05) is 69.7 Å². The van der Waals surface area contributed by atoms with E-state index >= 15 is 0 Å². The van der Waals surface area contributed by atoms with Gasteiger partial charge in [0.1, 0.15) is 29.7 Å². The van der Waals surface area contributed by atoms with E-state index in [1.807, 2.05) is 48.8 Å². The minimum absolute atomic E-state index is 0.0211. The van der Waals surface area contributed by atoms with Gasteiger partial charge in [-0.1, -0.05) is 6.92 Å². The number of nitrogens with zero attached hydrogens (tertiary/aromatic N) is 5. The Bertz CT molecular complexity index is 1590. The maximum Gasteiger partial charge on any atom is 0.410 e. The fourth-order valence-corrected chi connectivity index (χ4v) is 7.57. The molecule has 1 N–H and O–H groups in total. The van der Waals surface area contributed by atoms with E-state index in [0.29, 0.717) is 32.4 Å². The molecular weight excluding hydrogens is 698 g/mol. The van der Waals surface area contributed by atoms with Crippen molar-refractivity contribution in [2.75, 3.05) is 27.7 Å². The second kappa shape index (κ2) is 18.2. The van der Waals surface area contributed by atoms with Crippen LogP contribution >= 0.6 is 0 Å². The van der Waals surface area contributed by atoms with Gasteiger partial charge in [-0.05, 0) is 79.1 Å². The van der Waals surface area contributed by atoms with Crippen LogP contribution in [0, 0.1) is 5.92 Å². The highest BCUT2D eigenvalue weighted by Gasteiger charge is 2.49. The van der Waals surface area contributed by atoms with Crippen LogP contribution in [0.25, 0.3) is 11.3 Å². The number of hydrogen-bond acceptors (Lipinski definition) is 13. The quantitative estimate of drug-likeness (QED) is 0.200. The van der Waals surface area contributed by atoms with Crippen LogP contribution in [-0.2, 0) is 44.6 Å². The van der Waals surface area contributed by atoms with Crippen molar-refractivity contribution in [3.63, 3.8) is 0 Å². The molecule has 0 aliphatic carbocycles. The van der Waals surface area contributed by atoms with Gasteiger partial charge in [-0.25, -0.2) is 9.78 Å². The molecule has 5 rings (SSSR count). The highest BCUT2D eigenvalue weighted by atomic mass is 16.7. The number of likely N-dealkylation sites (N-methyl/N-ethyl adjacent to an activating group) is 1. The van der Waals surface area contributed by atoms with Crippen LogP contribution in [0.2, 0.25) is 0 Å². The lowest BCUT2D eigenvalue weighted by Crippen LogP contribution is -2.57. The second-order valence-electron chi connectivity index (χ2n) is 15.3. The first kappa shape index (κ1) is 41.4. The van der Waals surface area contributed by atoms with Crippen LogP contribution in [0.3, 0.4) is 0 Å². The number of pyridine rings is 1. The number of aliphatic hydroxyl groups is 1. The number of ketones is 2. The zero-order chi connectivity index (χ0) is 39.2. The average Bonchev–Trinajstić information content (AvgIpc) is 3.75. The lowest BCUT2D eigenvalue weighted by Gasteiger charge is -2.44. The number of imidazole rings is 1. The van der Waals surface area contributed by atoms with Crippen LogP contribution in [-0.4, -0.2) is 135 Å². The summed E-state index contributed by atoms with van der Waals surface area (Å²) in [4.78, 5) is 66.6. The number of cyclic esters (lactones) is 1. The largest absolute Gasteiger partial charge is 0.458 e. The minimum atomic E-state index is -1.19. The first-order valence-corrected chi connectivity index (χ1v) is 19.1. The van der Waals surface area contributed by atoms with Crippen LogP contribution < -0.4 is 0 Å². The molecule has 0 saturated carbocycles. The molecule has 0 radical (unpaired) electrons. The Kier molecular flexibility index (Phi) is 14.0. The molecule has 5 heterocycles. The van der Waals surface area contributed by atoms with E-state index in [9.17, 15) is 24.3 Å². The van der Waals surface area contributed by atoms with Crippen molar-refractivity contribution in [2.24, 2.45) is 5.92 Å². The summed E-state index contributed by atoms with van der Waals surface area (Å²) in [5.74, 6) is -2.54. The van der Waals surface area contributed by atoms with E-state index in [1.54, 1.807) is 37.5 Å². The Labute approximate surface area is 317 Å². The molecule has 0 unspecified atom stereocenters. The average molecular weight is 756 g/mol. The maximum atomic E-state index is 13.8. The van der Waals surface area contributed by atoms with Gasteiger partial charge in [0.05, 0.1) is 35.9 Å². The van der Waals surface area contributed by atoms with E-state index in [-0.39, 0.29) is 43.6 Å². The van der Waals surface area contributed by atoms with Gasteiger partial charge in [-0.15, -0.1) is 0 Å². The Morgan fingerprint density at radius 1 is 1.09 bits per heavy atom. The van der Waals surface area contributed by atoms with Crippen molar-refractivity contribution < 1.29 is 48.0 Å². The van der Waals surface area contributed by atoms with Gasteiger partial charge in [0.15, 0.2) is 12.4 Å². The zero-order valence-electron chi connectivity index (χ0n) is 32.6. The summed E-state index contributed by atoms with van der Waals surface area (Å²) in [6.07, 6.45) is 3.72. The summed E-state index contributed by atoms with van der Waals surface area (Å²) in [6, 6.07) is 2.87. The second-order valence-corrected chi connectivity index (χ2v) is 15.3. The number of hydrogen-bond donors (Lipinski definition) is 1. The Hall–Kier alpha value is -3.76. The van der Waals surface area contributed by atoms with Crippen LogP contribution in [0.1, 0.15) is 79.1 Å². The molecule has 3 aliphatic rings. The topological polar surface area (TPSA) is 172 Å². The molecule has 2 aromatic heterocycles. The maximum absolute atomic E-state index is 13.8. The number of unbranched alkanes of at least 4 members (excludes halogenated alkanes) is 1. The van der Waals surface area contributed by atoms with Crippen molar-refractivity contribution >= 4 is 23.6 Å². The molecule has 3 saturated heterocycles. The molecule has 298 valence electrons. The molecule has 0 aromatic carbocycles. The predicted molar refractivity (Wildman–Crippen MR) is 196 cm³/mol. The van der Waals surface area contributed by atoms with Crippen molar-refractivity contribution in [3.8, 4) is 11.3 Å². The van der Waals surface area contributed by atoms with Gasteiger partial charge < -0.3 is 43.2 Å². The van der Waals surface area contributed by atoms with E-state index < -0.39 is 66.1 Å². The van der Waals surface area contributed by atoms with Crippen LogP contribution in [0.4, 0.5) is 4.79 Å². The number of aryl methyl sites for hydroxylation is 1. The number of esters is 1. The molecule has 3 aliphatic heterocycles. The predicted octanol–water partition coefficient (Wildman–Crippen LogP) is 3.80. The monoisotopic (exact) mass is 755 g/mol. The van der Waals surface area contributed by atoms with E-state index in [1.165, 1.54) is 14.0 Å². The summed E-state index contributed by atoms with van der Waals surface area (Å²) < 4.78 is 32.2. The van der Waals surface area contributed by atoms with Gasteiger partial charge in [0.25, 0.3) is 0 Å². The van der Waals surface area contributed by atoms with E-state index in [2.05, 4.69) is 9.97 Å². The fourth-order valence-electron chi connectivity index (χ4n) is 7.57. The van der Waals surface area contributed by atoms with Crippen molar-refractivity contribution in [3.05, 3.63) is 37.1 Å². The minimum Gasteiger partial charge on any atom is -0.458 e. The third-order valence-electron chi connectivity index (χ3n) is 11.2. The lowest BCUT2D eigenvalue weighted by molar-refractivity contribution is -0.288. The van der Waals surface area contributed by atoms with E-state index in [0.717, 1.165) is 17.7 Å². The molecule has 0 bridgehead atoms. The molecule has 1 amide bonds. The fraction of sp³-hybridized carbons (Fsp3) is 0.692. The number of amides is 1. The third-order valence-corrected chi connectivity index (χ3v) is 11.2. The number of Topliss-reactive ketones (excluding diaryl/α,β-unsaturated/α-hetero) is 2. The number of ether oxygens (including phenoxy) is 5. The Morgan fingerprint density at radius 3 is 2.54 bits per heavy atom. The number of carbonyl (C=O) groups excluding carboxylic acids is 4. The summed E-state index contributed by atoms with van der Waals surface area (Å²) in [5, 5.41) is 11.2. The molecule has 2 aromatic rings. The molecule has 10 atom stereocenters. The SMILES string of the molecule is CC[C@H]1OC(=O)[C@H](C)C(=O)C[C@@H](O[C@@H]2O[C@H](C)C[C@H](N(C)C)[C@H]2O)[C@@](C)(OC)CCC(=O)C[C@H]2[C@@H]1OC(=O)N2CCCCn1cnc(-c2cccnc2)c1. The first-order chi connectivity index (χ1) is 25.7. The van der Waals surface area contributed by atoms with Crippen LogP contribution in [0.5, 0.6) is 0 Å². The van der Waals surface area contributed by atoms with Crippen molar-refractivity contribution in [1.29, 1.82) is 0 Å². The summed E-state index contributed by atoms with van der Waals surface area (Å²) in [6.45, 7) is 7.92. The van der Waals surface area contributed by atoms with Crippen molar-refractivity contribution in [1.82, 2.24) is 24.3 Å². The Morgan fingerprint density at radius 2 is 1.85 bits per heavy atom. The third kappa shape index (κ3) is 9.72.